The third-order valence-electron chi connectivity index (χ3n) is 8.92. The van der Waals surface area contributed by atoms with E-state index < -0.39 is 0 Å². The van der Waals surface area contributed by atoms with Crippen LogP contribution in [0.15, 0.2) is 48.7 Å². The summed E-state index contributed by atoms with van der Waals surface area (Å²) in [5, 5.41) is 2.69. The summed E-state index contributed by atoms with van der Waals surface area (Å²) in [7, 11) is 0. The highest BCUT2D eigenvalue weighted by Gasteiger charge is 2.43. The Hall–Kier alpha value is -2.15. The summed E-state index contributed by atoms with van der Waals surface area (Å²) in [5.74, 6) is 0. The van der Waals surface area contributed by atoms with E-state index in [2.05, 4.69) is 94.8 Å². The fraction of sp³-hybridized carbons (Fsp3) is 0.500. The van der Waals surface area contributed by atoms with Gasteiger partial charge in [0.1, 0.15) is 6.54 Å². The maximum atomic E-state index is 2.66. The van der Waals surface area contributed by atoms with Crippen LogP contribution in [0.4, 0.5) is 0 Å². The summed E-state index contributed by atoms with van der Waals surface area (Å²) in [6.07, 6.45) is 8.54. The van der Waals surface area contributed by atoms with Crippen LogP contribution in [0.3, 0.4) is 0 Å². The van der Waals surface area contributed by atoms with Crippen LogP contribution in [0.5, 0.6) is 0 Å². The maximum Gasteiger partial charge on any atom is 0.213 e. The number of fused-ring (bicyclic) bond motifs is 5. The first-order valence-corrected chi connectivity index (χ1v) is 12.3. The summed E-state index contributed by atoms with van der Waals surface area (Å²) in [5.41, 5.74) is 8.39. The van der Waals surface area contributed by atoms with E-state index in [4.69, 9.17) is 0 Å². The van der Waals surface area contributed by atoms with Crippen LogP contribution >= 0.6 is 0 Å². The van der Waals surface area contributed by atoms with Crippen molar-refractivity contribution in [2.75, 3.05) is 0 Å². The zero-order valence-corrected chi connectivity index (χ0v) is 20.3. The SMILES string of the molecule is CCC1(CC)CC[n+]2cc3ccccc3cc2-c2cc3c(cc21)C(C)(C)CCC3(C)C. The van der Waals surface area contributed by atoms with Crippen LogP contribution in [0.25, 0.3) is 22.0 Å². The number of hydrogen-bond acceptors (Lipinski definition) is 0. The number of aryl methyl sites for hydroxylation is 1. The first-order valence-electron chi connectivity index (χ1n) is 12.3. The van der Waals surface area contributed by atoms with Gasteiger partial charge in [0.2, 0.25) is 5.69 Å². The van der Waals surface area contributed by atoms with E-state index in [1.165, 1.54) is 54.1 Å². The second kappa shape index (κ2) is 6.92. The van der Waals surface area contributed by atoms with Crippen LogP contribution in [-0.2, 0) is 22.8 Å². The molecule has 0 fully saturated rings. The van der Waals surface area contributed by atoms with Crippen LogP contribution in [0.2, 0.25) is 0 Å². The Balaban J connectivity index is 1.88. The molecule has 0 radical (unpaired) electrons. The van der Waals surface area contributed by atoms with Gasteiger partial charge in [0.15, 0.2) is 6.20 Å². The number of pyridine rings is 1. The Morgan fingerprint density at radius 1 is 0.742 bits per heavy atom. The molecule has 1 heteroatoms. The molecule has 1 nitrogen and oxygen atoms in total. The van der Waals surface area contributed by atoms with Crippen molar-refractivity contribution in [2.24, 2.45) is 0 Å². The number of rotatable bonds is 2. The van der Waals surface area contributed by atoms with Gasteiger partial charge in [-0.3, -0.25) is 0 Å². The lowest BCUT2D eigenvalue weighted by atomic mass is 9.60. The molecule has 0 spiro atoms. The third kappa shape index (κ3) is 3.07. The van der Waals surface area contributed by atoms with Crippen molar-refractivity contribution < 1.29 is 4.57 Å². The highest BCUT2D eigenvalue weighted by molar-refractivity contribution is 5.84. The van der Waals surface area contributed by atoms with Gasteiger partial charge in [0.05, 0.1) is 5.56 Å². The standard InChI is InChI=1S/C30H38N/c1-7-30(8-2)15-16-31-20-22-12-10-9-11-21(22)17-27(31)23-18-25-26(19-24(23)30)29(5,6)14-13-28(25,3)4/h9-12,17-20H,7-8,13-16H2,1-6H3/q+1. The van der Waals surface area contributed by atoms with Crippen molar-refractivity contribution in [3.05, 3.63) is 65.4 Å². The van der Waals surface area contributed by atoms with E-state index in [9.17, 15) is 0 Å². The molecular weight excluding hydrogens is 374 g/mol. The largest absolute Gasteiger partial charge is 0.213 e. The van der Waals surface area contributed by atoms with Gasteiger partial charge < -0.3 is 0 Å². The minimum Gasteiger partial charge on any atom is -0.198 e. The highest BCUT2D eigenvalue weighted by Crippen LogP contribution is 2.51. The lowest BCUT2D eigenvalue weighted by molar-refractivity contribution is -0.685. The van der Waals surface area contributed by atoms with Gasteiger partial charge in [-0.2, -0.15) is 4.57 Å². The topological polar surface area (TPSA) is 3.88 Å². The van der Waals surface area contributed by atoms with Crippen LogP contribution in [0.1, 0.15) is 90.3 Å². The average Bonchev–Trinajstić information content (AvgIpc) is 2.89. The van der Waals surface area contributed by atoms with Crippen molar-refractivity contribution >= 4 is 10.8 Å². The first-order chi connectivity index (χ1) is 14.7. The van der Waals surface area contributed by atoms with E-state index in [-0.39, 0.29) is 16.2 Å². The smallest absolute Gasteiger partial charge is 0.198 e. The summed E-state index contributed by atoms with van der Waals surface area (Å²) >= 11 is 0. The summed E-state index contributed by atoms with van der Waals surface area (Å²) in [4.78, 5) is 0. The maximum absolute atomic E-state index is 2.66. The normalized spacial score (nSPS) is 20.5. The fourth-order valence-electron chi connectivity index (χ4n) is 6.36. The Labute approximate surface area is 188 Å². The van der Waals surface area contributed by atoms with Gasteiger partial charge in [-0.1, -0.05) is 65.8 Å². The second-order valence-electron chi connectivity index (χ2n) is 11.4. The molecule has 1 aliphatic carbocycles. The first kappa shape index (κ1) is 20.7. The zero-order valence-electron chi connectivity index (χ0n) is 20.3. The number of hydrogen-bond donors (Lipinski definition) is 0. The number of nitrogens with zero attached hydrogens (tertiary/aromatic N) is 1. The molecule has 3 aromatic rings. The molecule has 162 valence electrons. The van der Waals surface area contributed by atoms with Crippen molar-refractivity contribution in [3.63, 3.8) is 0 Å². The Bertz CT molecular complexity index is 1160. The molecule has 0 amide bonds. The Kier molecular flexibility index (Phi) is 4.63. The summed E-state index contributed by atoms with van der Waals surface area (Å²) in [6.45, 7) is 15.7. The number of aromatic nitrogens is 1. The average molecular weight is 413 g/mol. The summed E-state index contributed by atoms with van der Waals surface area (Å²) < 4.78 is 2.54. The molecule has 2 heterocycles. The lowest BCUT2D eigenvalue weighted by Crippen LogP contribution is -2.37. The van der Waals surface area contributed by atoms with Crippen molar-refractivity contribution in [2.45, 2.75) is 96.4 Å². The van der Waals surface area contributed by atoms with Crippen molar-refractivity contribution in [1.82, 2.24) is 0 Å². The van der Waals surface area contributed by atoms with Gasteiger partial charge in [0, 0.05) is 23.3 Å². The second-order valence-corrected chi connectivity index (χ2v) is 11.4. The van der Waals surface area contributed by atoms with Gasteiger partial charge in [-0.05, 0) is 70.7 Å². The predicted octanol–water partition coefficient (Wildman–Crippen LogP) is 7.60. The molecule has 0 saturated heterocycles. The molecule has 31 heavy (non-hydrogen) atoms. The quantitative estimate of drug-likeness (QED) is 0.381. The molecular formula is C30H38N+. The molecule has 2 aliphatic rings. The fourth-order valence-corrected chi connectivity index (χ4v) is 6.36. The zero-order chi connectivity index (χ0) is 22.0. The molecule has 0 unspecified atom stereocenters. The molecule has 1 aliphatic heterocycles. The molecule has 2 aromatic carbocycles. The van der Waals surface area contributed by atoms with Gasteiger partial charge in [0.25, 0.3) is 0 Å². The van der Waals surface area contributed by atoms with E-state index in [1.807, 2.05) is 0 Å². The van der Waals surface area contributed by atoms with Crippen molar-refractivity contribution in [3.8, 4) is 11.3 Å². The Morgan fingerprint density at radius 2 is 1.35 bits per heavy atom. The molecule has 1 aromatic heterocycles. The van der Waals surface area contributed by atoms with Gasteiger partial charge in [-0.25, -0.2) is 0 Å². The molecule has 0 saturated carbocycles. The molecule has 0 atom stereocenters. The van der Waals surface area contributed by atoms with Gasteiger partial charge >= 0.3 is 0 Å². The van der Waals surface area contributed by atoms with Crippen LogP contribution in [0, 0.1) is 0 Å². The molecule has 0 bridgehead atoms. The van der Waals surface area contributed by atoms with E-state index in [1.54, 1.807) is 16.7 Å². The lowest BCUT2D eigenvalue weighted by Gasteiger charge is -2.43. The monoisotopic (exact) mass is 412 g/mol. The third-order valence-corrected chi connectivity index (χ3v) is 8.92. The van der Waals surface area contributed by atoms with E-state index in [0.29, 0.717) is 0 Å². The van der Waals surface area contributed by atoms with Gasteiger partial charge in [-0.15, -0.1) is 0 Å². The summed E-state index contributed by atoms with van der Waals surface area (Å²) in [6, 6.07) is 16.5. The van der Waals surface area contributed by atoms with Crippen LogP contribution < -0.4 is 4.57 Å². The molecule has 0 N–H and O–H groups in total. The molecule has 5 rings (SSSR count). The number of benzene rings is 2. The van der Waals surface area contributed by atoms with Crippen molar-refractivity contribution in [1.29, 1.82) is 0 Å². The highest BCUT2D eigenvalue weighted by atomic mass is 15.0. The minimum atomic E-state index is 0.231. The minimum absolute atomic E-state index is 0.231. The Morgan fingerprint density at radius 3 is 2.00 bits per heavy atom. The van der Waals surface area contributed by atoms with Crippen LogP contribution in [-0.4, -0.2) is 0 Å². The van der Waals surface area contributed by atoms with E-state index >= 15 is 0 Å². The van der Waals surface area contributed by atoms with E-state index in [0.717, 1.165) is 6.54 Å². The predicted molar refractivity (Wildman–Crippen MR) is 132 cm³/mol.